The van der Waals surface area contributed by atoms with Crippen molar-refractivity contribution in [3.05, 3.63) is 56.9 Å². The summed E-state index contributed by atoms with van der Waals surface area (Å²) >= 11 is 0. The lowest BCUT2D eigenvalue weighted by molar-refractivity contribution is -0.236. The second kappa shape index (κ2) is 7.15. The van der Waals surface area contributed by atoms with E-state index in [0.29, 0.717) is 30.0 Å². The zero-order valence-corrected chi connectivity index (χ0v) is 17.9. The summed E-state index contributed by atoms with van der Waals surface area (Å²) in [7, 11) is 0. The highest BCUT2D eigenvalue weighted by molar-refractivity contribution is 5.89. The van der Waals surface area contributed by atoms with E-state index in [9.17, 15) is 15.0 Å². The van der Waals surface area contributed by atoms with Crippen molar-refractivity contribution in [1.82, 2.24) is 9.55 Å². The van der Waals surface area contributed by atoms with E-state index in [1.54, 1.807) is 11.5 Å². The predicted octanol–water partition coefficient (Wildman–Crippen LogP) is 2.83. The van der Waals surface area contributed by atoms with Crippen molar-refractivity contribution >= 4 is 10.9 Å². The van der Waals surface area contributed by atoms with Crippen molar-refractivity contribution in [3.63, 3.8) is 0 Å². The smallest absolute Gasteiger partial charge is 0.257 e. The van der Waals surface area contributed by atoms with Crippen LogP contribution < -0.4 is 10.3 Å². The highest BCUT2D eigenvalue weighted by Gasteiger charge is 2.44. The van der Waals surface area contributed by atoms with Gasteiger partial charge in [0.05, 0.1) is 36.7 Å². The number of nitrogens with zero attached hydrogens (tertiary/aromatic N) is 2. The van der Waals surface area contributed by atoms with Gasteiger partial charge in [-0.05, 0) is 49.6 Å². The van der Waals surface area contributed by atoms with Crippen LogP contribution in [0, 0.1) is 0 Å². The molecule has 7 nitrogen and oxygen atoms in total. The molecule has 2 atom stereocenters. The molecule has 4 heterocycles. The van der Waals surface area contributed by atoms with E-state index in [2.05, 4.69) is 6.92 Å². The van der Waals surface area contributed by atoms with Gasteiger partial charge in [0.15, 0.2) is 6.29 Å². The van der Waals surface area contributed by atoms with Crippen LogP contribution in [0.3, 0.4) is 0 Å². The first-order chi connectivity index (χ1) is 14.9. The highest BCUT2D eigenvalue weighted by Crippen LogP contribution is 2.41. The molecule has 7 heteroatoms. The van der Waals surface area contributed by atoms with Crippen LogP contribution in [0.5, 0.6) is 5.75 Å². The number of ether oxygens (including phenoxy) is 2. The first kappa shape index (κ1) is 20.2. The minimum atomic E-state index is -1.62. The van der Waals surface area contributed by atoms with E-state index in [-0.39, 0.29) is 18.6 Å². The van der Waals surface area contributed by atoms with Gasteiger partial charge in [-0.3, -0.25) is 4.79 Å². The summed E-state index contributed by atoms with van der Waals surface area (Å²) in [5.41, 5.74) is 3.43. The fourth-order valence-corrected chi connectivity index (χ4v) is 4.91. The molecule has 1 aromatic carbocycles. The van der Waals surface area contributed by atoms with Gasteiger partial charge in [-0.1, -0.05) is 13.8 Å². The van der Waals surface area contributed by atoms with Crippen molar-refractivity contribution in [2.75, 3.05) is 6.61 Å². The molecular formula is C24H26N2O5. The van der Waals surface area contributed by atoms with Gasteiger partial charge >= 0.3 is 0 Å². The third-order valence-electron chi connectivity index (χ3n) is 6.60. The zero-order valence-electron chi connectivity index (χ0n) is 17.9. The lowest BCUT2D eigenvalue weighted by Crippen LogP contribution is -2.47. The van der Waals surface area contributed by atoms with Gasteiger partial charge < -0.3 is 24.3 Å². The minimum absolute atomic E-state index is 0.0258. The summed E-state index contributed by atoms with van der Waals surface area (Å²) in [4.78, 5) is 18.3. The summed E-state index contributed by atoms with van der Waals surface area (Å²) in [6.07, 6.45) is -0.358. The molecule has 0 saturated heterocycles. The molecule has 3 aromatic rings. The van der Waals surface area contributed by atoms with Crippen molar-refractivity contribution in [1.29, 1.82) is 0 Å². The molecular weight excluding hydrogens is 396 g/mol. The minimum Gasteiger partial charge on any atom is -0.494 e. The van der Waals surface area contributed by atoms with Crippen LogP contribution >= 0.6 is 0 Å². The number of aliphatic hydroxyl groups excluding tert-OH is 1. The van der Waals surface area contributed by atoms with E-state index in [0.717, 1.165) is 39.9 Å². The Labute approximate surface area is 179 Å². The number of pyridine rings is 2. The van der Waals surface area contributed by atoms with Crippen LogP contribution in [0.4, 0.5) is 0 Å². The number of aryl methyl sites for hydroxylation is 1. The Morgan fingerprint density at radius 3 is 2.77 bits per heavy atom. The second-order valence-corrected chi connectivity index (χ2v) is 8.14. The predicted molar refractivity (Wildman–Crippen MR) is 116 cm³/mol. The van der Waals surface area contributed by atoms with Gasteiger partial charge in [-0.2, -0.15) is 0 Å². The molecule has 5 rings (SSSR count). The van der Waals surface area contributed by atoms with Crippen LogP contribution in [0.1, 0.15) is 49.4 Å². The molecule has 0 spiro atoms. The first-order valence-electron chi connectivity index (χ1n) is 10.8. The molecule has 2 aliphatic heterocycles. The molecule has 0 fully saturated rings. The van der Waals surface area contributed by atoms with Crippen LogP contribution in [-0.2, 0) is 29.9 Å². The number of hydrogen-bond acceptors (Lipinski definition) is 6. The lowest BCUT2D eigenvalue weighted by atomic mass is 9.85. The summed E-state index contributed by atoms with van der Waals surface area (Å²) in [6, 6.07) is 7.68. The summed E-state index contributed by atoms with van der Waals surface area (Å²) in [6.45, 7) is 6.80. The molecule has 31 heavy (non-hydrogen) atoms. The maximum atomic E-state index is 13.4. The second-order valence-electron chi connectivity index (χ2n) is 8.14. The zero-order chi connectivity index (χ0) is 21.9. The summed E-state index contributed by atoms with van der Waals surface area (Å²) < 4.78 is 12.7. The van der Waals surface area contributed by atoms with E-state index in [1.807, 2.05) is 31.2 Å². The van der Waals surface area contributed by atoms with Gasteiger partial charge in [0.25, 0.3) is 5.56 Å². The molecule has 2 aromatic heterocycles. The number of rotatable bonds is 4. The largest absolute Gasteiger partial charge is 0.494 e. The lowest BCUT2D eigenvalue weighted by Gasteiger charge is -2.37. The number of benzene rings is 1. The molecule has 162 valence electrons. The maximum Gasteiger partial charge on any atom is 0.257 e. The number of hydrogen-bond donors (Lipinski definition) is 2. The molecule has 0 radical (unpaired) electrons. The van der Waals surface area contributed by atoms with Gasteiger partial charge in [-0.15, -0.1) is 0 Å². The Morgan fingerprint density at radius 2 is 2.06 bits per heavy atom. The quantitative estimate of drug-likeness (QED) is 0.525. The fourth-order valence-electron chi connectivity index (χ4n) is 4.91. The summed E-state index contributed by atoms with van der Waals surface area (Å²) in [5, 5.41) is 22.4. The molecule has 2 unspecified atom stereocenters. The topological polar surface area (TPSA) is 93.8 Å². The average molecular weight is 422 g/mol. The van der Waals surface area contributed by atoms with Crippen LogP contribution in [0.2, 0.25) is 0 Å². The average Bonchev–Trinajstić information content (AvgIpc) is 3.14. The number of aromatic nitrogens is 2. The van der Waals surface area contributed by atoms with E-state index in [1.165, 1.54) is 0 Å². The third-order valence-corrected chi connectivity index (χ3v) is 6.60. The fraction of sp³-hybridized carbons (Fsp3) is 0.417. The molecule has 2 N–H and O–H groups in total. The Hall–Kier alpha value is -2.74. The molecule has 2 aliphatic rings. The van der Waals surface area contributed by atoms with Crippen LogP contribution in [-0.4, -0.2) is 32.7 Å². The normalized spacial score (nSPS) is 21.6. The van der Waals surface area contributed by atoms with Crippen molar-refractivity contribution < 1.29 is 19.7 Å². The standard InChI is InChI=1S/C24H26N2O5/c1-4-14-15-9-13(30-6-3)7-8-19(15)25-21-16(14)11-26-20(21)10-18-17(22(26)27)12-31-23(28)24(18,29)5-2/h7-10,23,28-29H,4-6,11-12H2,1-3H3. The van der Waals surface area contributed by atoms with Crippen LogP contribution in [0.15, 0.2) is 29.1 Å². The third kappa shape index (κ3) is 2.77. The Kier molecular flexibility index (Phi) is 4.66. The summed E-state index contributed by atoms with van der Waals surface area (Å²) in [5.74, 6) is 0.800. The SMILES string of the molecule is CCOc1ccc2nc3c(c(CC)c2c1)Cn1c-3cc2c(c1=O)COC(O)C2(O)CC. The number of aliphatic hydroxyl groups is 2. The maximum absolute atomic E-state index is 13.4. The van der Waals surface area contributed by atoms with Crippen LogP contribution in [0.25, 0.3) is 22.3 Å². The van der Waals surface area contributed by atoms with E-state index < -0.39 is 11.9 Å². The van der Waals surface area contributed by atoms with Gasteiger partial charge in [0.2, 0.25) is 0 Å². The number of fused-ring (bicyclic) bond motifs is 5. The van der Waals surface area contributed by atoms with Gasteiger partial charge in [-0.25, -0.2) is 4.98 Å². The van der Waals surface area contributed by atoms with Crippen molar-refractivity contribution in [3.8, 4) is 17.1 Å². The highest BCUT2D eigenvalue weighted by atomic mass is 16.6. The van der Waals surface area contributed by atoms with E-state index in [4.69, 9.17) is 14.5 Å². The molecule has 0 bridgehead atoms. The Balaban J connectivity index is 1.77. The first-order valence-corrected chi connectivity index (χ1v) is 10.8. The van der Waals surface area contributed by atoms with Crippen molar-refractivity contribution in [2.24, 2.45) is 0 Å². The molecule has 0 amide bonds. The van der Waals surface area contributed by atoms with Gasteiger partial charge in [0.1, 0.15) is 11.4 Å². The Morgan fingerprint density at radius 1 is 1.26 bits per heavy atom. The van der Waals surface area contributed by atoms with Gasteiger partial charge in [0, 0.05) is 22.1 Å². The van der Waals surface area contributed by atoms with E-state index >= 15 is 0 Å². The molecule has 0 saturated carbocycles. The Bertz CT molecular complexity index is 1270. The monoisotopic (exact) mass is 422 g/mol. The van der Waals surface area contributed by atoms with Crippen molar-refractivity contribution in [2.45, 2.75) is 58.7 Å². The molecule has 0 aliphatic carbocycles.